The number of anilines is 1. The Balaban J connectivity index is 2.33. The molecule has 0 saturated heterocycles. The lowest BCUT2D eigenvalue weighted by atomic mass is 10.3. The minimum atomic E-state index is -0.203. The van der Waals surface area contributed by atoms with Crippen molar-refractivity contribution in [2.24, 2.45) is 0 Å². The molecule has 0 saturated carbocycles. The number of hydrogen-bond donors (Lipinski definition) is 2. The molecule has 0 spiro atoms. The van der Waals surface area contributed by atoms with E-state index in [1.54, 1.807) is 19.2 Å². The van der Waals surface area contributed by atoms with Crippen LogP contribution in [0.15, 0.2) is 12.1 Å². The zero-order chi connectivity index (χ0) is 14.8. The van der Waals surface area contributed by atoms with Gasteiger partial charge in [0.15, 0.2) is 5.69 Å². The zero-order valence-corrected chi connectivity index (χ0v) is 12.3. The van der Waals surface area contributed by atoms with Crippen LogP contribution in [0.3, 0.4) is 0 Å². The van der Waals surface area contributed by atoms with E-state index in [0.29, 0.717) is 18.1 Å². The molecule has 0 aromatic carbocycles. The van der Waals surface area contributed by atoms with E-state index in [2.05, 4.69) is 25.7 Å². The molecule has 0 atom stereocenters. The SMILES string of the molecule is CCNC(=O)c1ccc(NCCN(C)CCOC)nn1. The minimum Gasteiger partial charge on any atom is -0.383 e. The van der Waals surface area contributed by atoms with Crippen LogP contribution >= 0.6 is 0 Å². The summed E-state index contributed by atoms with van der Waals surface area (Å²) < 4.78 is 5.01. The lowest BCUT2D eigenvalue weighted by Gasteiger charge is -2.16. The van der Waals surface area contributed by atoms with Gasteiger partial charge in [0.05, 0.1) is 6.61 Å². The topological polar surface area (TPSA) is 79.4 Å². The average Bonchev–Trinajstić information content (AvgIpc) is 2.46. The smallest absolute Gasteiger partial charge is 0.271 e. The summed E-state index contributed by atoms with van der Waals surface area (Å²) in [5.74, 6) is 0.462. The number of amides is 1. The van der Waals surface area contributed by atoms with Crippen molar-refractivity contribution in [2.75, 3.05) is 52.3 Å². The zero-order valence-electron chi connectivity index (χ0n) is 12.3. The highest BCUT2D eigenvalue weighted by molar-refractivity contribution is 5.92. The number of ether oxygens (including phenoxy) is 1. The Hall–Kier alpha value is -1.73. The number of aromatic nitrogens is 2. The van der Waals surface area contributed by atoms with Crippen LogP contribution in [0.2, 0.25) is 0 Å². The summed E-state index contributed by atoms with van der Waals surface area (Å²) in [7, 11) is 3.72. The van der Waals surface area contributed by atoms with Crippen molar-refractivity contribution in [3.63, 3.8) is 0 Å². The molecule has 20 heavy (non-hydrogen) atoms. The summed E-state index contributed by atoms with van der Waals surface area (Å²) >= 11 is 0. The van der Waals surface area contributed by atoms with Crippen molar-refractivity contribution in [1.82, 2.24) is 20.4 Å². The van der Waals surface area contributed by atoms with Gasteiger partial charge in [-0.25, -0.2) is 0 Å². The fourth-order valence-electron chi connectivity index (χ4n) is 1.53. The van der Waals surface area contributed by atoms with E-state index in [4.69, 9.17) is 4.74 Å². The second-order valence-electron chi connectivity index (χ2n) is 4.39. The van der Waals surface area contributed by atoms with Crippen LogP contribution in [0, 0.1) is 0 Å². The number of carbonyl (C=O) groups is 1. The van der Waals surface area contributed by atoms with E-state index in [1.807, 2.05) is 14.0 Å². The van der Waals surface area contributed by atoms with Crippen LogP contribution in [0.25, 0.3) is 0 Å². The molecule has 1 heterocycles. The molecule has 0 aliphatic carbocycles. The molecule has 1 aromatic rings. The number of rotatable bonds is 9. The highest BCUT2D eigenvalue weighted by Crippen LogP contribution is 2.01. The number of methoxy groups -OCH3 is 1. The summed E-state index contributed by atoms with van der Waals surface area (Å²) in [6, 6.07) is 3.42. The Morgan fingerprint density at radius 1 is 1.35 bits per heavy atom. The van der Waals surface area contributed by atoms with Crippen LogP contribution in [-0.4, -0.2) is 67.9 Å². The maximum absolute atomic E-state index is 11.5. The predicted octanol–water partition coefficient (Wildman–Crippen LogP) is 0.216. The Kier molecular flexibility index (Phi) is 7.52. The van der Waals surface area contributed by atoms with E-state index >= 15 is 0 Å². The van der Waals surface area contributed by atoms with Crippen LogP contribution < -0.4 is 10.6 Å². The van der Waals surface area contributed by atoms with Gasteiger partial charge in [0.1, 0.15) is 5.82 Å². The molecule has 0 aliphatic rings. The number of hydrogen-bond acceptors (Lipinski definition) is 6. The third-order valence-electron chi connectivity index (χ3n) is 2.71. The van der Waals surface area contributed by atoms with Gasteiger partial charge >= 0.3 is 0 Å². The summed E-state index contributed by atoms with van der Waals surface area (Å²) in [5.41, 5.74) is 0.328. The summed E-state index contributed by atoms with van der Waals surface area (Å²) in [6.07, 6.45) is 0. The molecular weight excluding hydrogens is 258 g/mol. The van der Waals surface area contributed by atoms with Crippen molar-refractivity contribution in [2.45, 2.75) is 6.92 Å². The summed E-state index contributed by atoms with van der Waals surface area (Å²) in [5, 5.41) is 13.7. The van der Waals surface area contributed by atoms with Gasteiger partial charge in [0.25, 0.3) is 5.91 Å². The molecule has 7 nitrogen and oxygen atoms in total. The molecule has 0 bridgehead atoms. The van der Waals surface area contributed by atoms with Crippen LogP contribution in [0.4, 0.5) is 5.82 Å². The Bertz CT molecular complexity index is 396. The Morgan fingerprint density at radius 3 is 2.75 bits per heavy atom. The molecule has 1 amide bonds. The van der Waals surface area contributed by atoms with Gasteiger partial charge in [0, 0.05) is 33.3 Å². The highest BCUT2D eigenvalue weighted by atomic mass is 16.5. The van der Waals surface area contributed by atoms with E-state index < -0.39 is 0 Å². The van der Waals surface area contributed by atoms with Gasteiger partial charge in [0.2, 0.25) is 0 Å². The summed E-state index contributed by atoms with van der Waals surface area (Å²) in [6.45, 7) is 5.69. The Morgan fingerprint density at radius 2 is 2.15 bits per heavy atom. The average molecular weight is 281 g/mol. The van der Waals surface area contributed by atoms with E-state index in [-0.39, 0.29) is 5.91 Å². The predicted molar refractivity (Wildman–Crippen MR) is 77.9 cm³/mol. The van der Waals surface area contributed by atoms with Gasteiger partial charge in [-0.3, -0.25) is 4.79 Å². The first-order valence-corrected chi connectivity index (χ1v) is 6.70. The molecule has 0 radical (unpaired) electrons. The van der Waals surface area contributed by atoms with E-state index in [9.17, 15) is 4.79 Å². The molecule has 0 unspecified atom stereocenters. The fraction of sp³-hybridized carbons (Fsp3) is 0.615. The number of nitrogens with one attached hydrogen (secondary N) is 2. The van der Waals surface area contributed by atoms with Crippen molar-refractivity contribution in [3.8, 4) is 0 Å². The second kappa shape index (κ2) is 9.22. The second-order valence-corrected chi connectivity index (χ2v) is 4.39. The minimum absolute atomic E-state index is 0.203. The van der Waals surface area contributed by atoms with Gasteiger partial charge in [-0.1, -0.05) is 0 Å². The van der Waals surface area contributed by atoms with Gasteiger partial charge in [-0.05, 0) is 26.1 Å². The lowest BCUT2D eigenvalue weighted by molar-refractivity contribution is 0.0950. The van der Waals surface area contributed by atoms with E-state index in [0.717, 1.165) is 26.2 Å². The van der Waals surface area contributed by atoms with Crippen LogP contribution in [0.5, 0.6) is 0 Å². The first-order valence-electron chi connectivity index (χ1n) is 6.70. The van der Waals surface area contributed by atoms with Crippen LogP contribution in [-0.2, 0) is 4.74 Å². The summed E-state index contributed by atoms with van der Waals surface area (Å²) in [4.78, 5) is 13.7. The largest absolute Gasteiger partial charge is 0.383 e. The molecule has 2 N–H and O–H groups in total. The molecule has 0 fully saturated rings. The first-order chi connectivity index (χ1) is 9.67. The van der Waals surface area contributed by atoms with Crippen molar-refractivity contribution < 1.29 is 9.53 Å². The van der Waals surface area contributed by atoms with E-state index in [1.165, 1.54) is 0 Å². The van der Waals surface area contributed by atoms with Gasteiger partial charge < -0.3 is 20.3 Å². The third-order valence-corrected chi connectivity index (χ3v) is 2.71. The molecule has 112 valence electrons. The molecule has 7 heteroatoms. The number of nitrogens with zero attached hydrogens (tertiary/aromatic N) is 3. The highest BCUT2D eigenvalue weighted by Gasteiger charge is 2.06. The normalized spacial score (nSPS) is 10.6. The standard InChI is InChI=1S/C13H23N5O2/c1-4-14-13(19)11-5-6-12(17-16-11)15-7-8-18(2)9-10-20-3/h5-6H,4,7-10H2,1-3H3,(H,14,19)(H,15,17). The molecule has 1 rings (SSSR count). The number of likely N-dealkylation sites (N-methyl/N-ethyl adjacent to an activating group) is 1. The Labute approximate surface area is 119 Å². The molecular formula is C13H23N5O2. The monoisotopic (exact) mass is 281 g/mol. The third kappa shape index (κ3) is 5.94. The van der Waals surface area contributed by atoms with Crippen molar-refractivity contribution in [3.05, 3.63) is 17.8 Å². The van der Waals surface area contributed by atoms with Crippen molar-refractivity contribution >= 4 is 11.7 Å². The maximum Gasteiger partial charge on any atom is 0.271 e. The lowest BCUT2D eigenvalue weighted by Crippen LogP contribution is -2.28. The first kappa shape index (κ1) is 16.3. The van der Waals surface area contributed by atoms with Gasteiger partial charge in [-0.2, -0.15) is 0 Å². The molecule has 0 aliphatic heterocycles. The van der Waals surface area contributed by atoms with Crippen LogP contribution in [0.1, 0.15) is 17.4 Å². The quantitative estimate of drug-likeness (QED) is 0.674. The maximum atomic E-state index is 11.5. The molecule has 1 aromatic heterocycles. The van der Waals surface area contributed by atoms with Gasteiger partial charge in [-0.15, -0.1) is 10.2 Å². The fourth-order valence-corrected chi connectivity index (χ4v) is 1.53. The number of carbonyl (C=O) groups excluding carboxylic acids is 1. The van der Waals surface area contributed by atoms with Crippen molar-refractivity contribution in [1.29, 1.82) is 0 Å².